The number of ether oxygens (including phenoxy) is 2. The number of para-hydroxylation sites is 1. The van der Waals surface area contributed by atoms with Gasteiger partial charge in [0.15, 0.2) is 17.2 Å². The number of halogens is 1. The predicted molar refractivity (Wildman–Crippen MR) is 139 cm³/mol. The van der Waals surface area contributed by atoms with Gasteiger partial charge in [-0.15, -0.1) is 0 Å². The molecule has 0 unspecified atom stereocenters. The fraction of sp³-hybridized carbons (Fsp3) is 0.115. The van der Waals surface area contributed by atoms with E-state index in [9.17, 15) is 19.7 Å². The average molecular weight is 521 g/mol. The molecule has 0 fully saturated rings. The molecule has 0 saturated carbocycles. The fourth-order valence-electron chi connectivity index (χ4n) is 3.63. The van der Waals surface area contributed by atoms with Crippen LogP contribution in [0.3, 0.4) is 0 Å². The van der Waals surface area contributed by atoms with Gasteiger partial charge in [-0.05, 0) is 55.0 Å². The molecular weight excluding hydrogens is 500 g/mol. The maximum Gasteiger partial charge on any atom is 0.343 e. The Morgan fingerprint density at radius 2 is 1.81 bits per heavy atom. The van der Waals surface area contributed by atoms with Crippen LogP contribution in [0.4, 0.5) is 11.4 Å². The number of aliphatic imine (C=N–C) groups is 1. The lowest BCUT2D eigenvalue weighted by atomic mass is 10.2. The summed E-state index contributed by atoms with van der Waals surface area (Å²) in [6, 6.07) is 17.6. The van der Waals surface area contributed by atoms with Gasteiger partial charge in [0, 0.05) is 19.3 Å². The highest BCUT2D eigenvalue weighted by Gasteiger charge is 2.19. The quantitative estimate of drug-likeness (QED) is 0.111. The first-order valence-corrected chi connectivity index (χ1v) is 11.3. The number of benzene rings is 3. The molecule has 1 aromatic heterocycles. The molecule has 1 heterocycles. The monoisotopic (exact) mass is 520 g/mol. The zero-order valence-electron chi connectivity index (χ0n) is 20.0. The topological polar surface area (TPSA) is 118 Å². The number of carbonyl (C=O) groups is 1. The number of aromatic nitrogens is 2. The molecule has 188 valence electrons. The van der Waals surface area contributed by atoms with E-state index >= 15 is 0 Å². The molecule has 0 aliphatic heterocycles. The van der Waals surface area contributed by atoms with E-state index in [1.807, 2.05) is 30.3 Å². The van der Waals surface area contributed by atoms with Crippen LogP contribution in [-0.4, -0.2) is 33.6 Å². The zero-order valence-corrected chi connectivity index (χ0v) is 20.8. The summed E-state index contributed by atoms with van der Waals surface area (Å²) in [5, 5.41) is 11.0. The summed E-state index contributed by atoms with van der Waals surface area (Å²) < 4.78 is 14.0. The molecule has 0 radical (unpaired) electrons. The second-order valence-electron chi connectivity index (χ2n) is 7.89. The van der Waals surface area contributed by atoms with Crippen molar-refractivity contribution >= 4 is 35.2 Å². The molecular formula is C26H21ClN4O6. The Kier molecular flexibility index (Phi) is 7.21. The van der Waals surface area contributed by atoms with Gasteiger partial charge in [-0.1, -0.05) is 29.8 Å². The molecule has 0 aliphatic carbocycles. The van der Waals surface area contributed by atoms with Gasteiger partial charge in [0.1, 0.15) is 5.02 Å². The molecule has 11 heteroatoms. The van der Waals surface area contributed by atoms with Gasteiger partial charge >= 0.3 is 5.97 Å². The number of methoxy groups -OCH3 is 1. The van der Waals surface area contributed by atoms with Crippen molar-refractivity contribution in [1.82, 2.24) is 9.36 Å². The van der Waals surface area contributed by atoms with Gasteiger partial charge in [0.2, 0.25) is 0 Å². The number of nitro benzene ring substituents is 1. The smallest absolute Gasteiger partial charge is 0.343 e. The van der Waals surface area contributed by atoms with Crippen molar-refractivity contribution in [2.24, 2.45) is 12.0 Å². The number of rotatable bonds is 7. The van der Waals surface area contributed by atoms with Gasteiger partial charge in [0.25, 0.3) is 11.2 Å². The first-order valence-electron chi connectivity index (χ1n) is 10.9. The molecule has 4 aromatic rings. The lowest BCUT2D eigenvalue weighted by Gasteiger charge is -2.10. The molecule has 0 spiro atoms. The van der Waals surface area contributed by atoms with Crippen LogP contribution in [0.25, 0.3) is 5.69 Å². The molecule has 0 amide bonds. The molecule has 0 saturated heterocycles. The fourth-order valence-corrected chi connectivity index (χ4v) is 3.82. The highest BCUT2D eigenvalue weighted by atomic mass is 35.5. The van der Waals surface area contributed by atoms with E-state index in [4.69, 9.17) is 21.1 Å². The van der Waals surface area contributed by atoms with Crippen molar-refractivity contribution in [1.29, 1.82) is 0 Å². The van der Waals surface area contributed by atoms with E-state index in [0.29, 0.717) is 11.3 Å². The van der Waals surface area contributed by atoms with Crippen LogP contribution in [0.2, 0.25) is 5.02 Å². The Bertz CT molecular complexity index is 1590. The molecule has 3 aromatic carbocycles. The summed E-state index contributed by atoms with van der Waals surface area (Å²) in [6.07, 6.45) is 1.51. The molecule has 37 heavy (non-hydrogen) atoms. The van der Waals surface area contributed by atoms with E-state index in [1.54, 1.807) is 30.8 Å². The number of hydrogen-bond acceptors (Lipinski definition) is 7. The molecule has 0 bridgehead atoms. The number of nitro groups is 1. The molecule has 0 aliphatic rings. The number of hydrogen-bond donors (Lipinski definition) is 0. The lowest BCUT2D eigenvalue weighted by molar-refractivity contribution is -0.384. The van der Waals surface area contributed by atoms with E-state index in [-0.39, 0.29) is 33.3 Å². The summed E-state index contributed by atoms with van der Waals surface area (Å²) in [4.78, 5) is 40.5. The number of esters is 1. The summed E-state index contributed by atoms with van der Waals surface area (Å²) >= 11 is 5.81. The second-order valence-corrected chi connectivity index (χ2v) is 8.30. The van der Waals surface area contributed by atoms with Crippen molar-refractivity contribution in [3.05, 3.63) is 109 Å². The maximum atomic E-state index is 13.0. The Hall–Kier alpha value is -4.70. The van der Waals surface area contributed by atoms with Crippen molar-refractivity contribution in [2.75, 3.05) is 7.11 Å². The molecule has 4 rings (SSSR count). The summed E-state index contributed by atoms with van der Waals surface area (Å²) in [7, 11) is 3.19. The van der Waals surface area contributed by atoms with E-state index in [2.05, 4.69) is 4.99 Å². The lowest BCUT2D eigenvalue weighted by Crippen LogP contribution is -2.19. The third-order valence-electron chi connectivity index (χ3n) is 5.64. The number of nitrogens with zero attached hydrogens (tertiary/aromatic N) is 4. The minimum atomic E-state index is -0.819. The second kappa shape index (κ2) is 10.5. The van der Waals surface area contributed by atoms with E-state index in [0.717, 1.165) is 11.8 Å². The van der Waals surface area contributed by atoms with Crippen LogP contribution in [0, 0.1) is 17.0 Å². The van der Waals surface area contributed by atoms with Crippen molar-refractivity contribution < 1.29 is 19.2 Å². The normalized spacial score (nSPS) is 11.0. The minimum absolute atomic E-state index is 0.0435. The summed E-state index contributed by atoms with van der Waals surface area (Å²) in [5.74, 6) is -0.488. The van der Waals surface area contributed by atoms with Gasteiger partial charge < -0.3 is 9.47 Å². The third-order valence-corrected chi connectivity index (χ3v) is 5.96. The molecule has 0 atom stereocenters. The van der Waals surface area contributed by atoms with Gasteiger partial charge in [-0.3, -0.25) is 19.6 Å². The van der Waals surface area contributed by atoms with Crippen LogP contribution in [-0.2, 0) is 7.05 Å². The Balaban J connectivity index is 1.59. The van der Waals surface area contributed by atoms with Crippen molar-refractivity contribution in [3.8, 4) is 17.2 Å². The summed E-state index contributed by atoms with van der Waals surface area (Å²) in [5.41, 5.74) is 1.56. The van der Waals surface area contributed by atoms with Crippen LogP contribution < -0.4 is 15.0 Å². The molecule has 10 nitrogen and oxygen atoms in total. The zero-order chi connectivity index (χ0) is 26.7. The van der Waals surface area contributed by atoms with Crippen LogP contribution in [0.15, 0.2) is 76.5 Å². The Morgan fingerprint density at radius 3 is 2.49 bits per heavy atom. The first-order chi connectivity index (χ1) is 17.7. The highest BCUT2D eigenvalue weighted by molar-refractivity contribution is 6.32. The van der Waals surface area contributed by atoms with Gasteiger partial charge in [-0.25, -0.2) is 14.5 Å². The first kappa shape index (κ1) is 25.4. The van der Waals surface area contributed by atoms with Crippen LogP contribution >= 0.6 is 11.6 Å². The third kappa shape index (κ3) is 5.14. The maximum absolute atomic E-state index is 13.0. The Morgan fingerprint density at radius 1 is 1.08 bits per heavy atom. The van der Waals surface area contributed by atoms with Crippen LogP contribution in [0.5, 0.6) is 11.5 Å². The standard InChI is InChI=1S/C26H21ClN4O6/c1-16-24(25(32)30(29(16)2)19-7-5-4-6-8-19)28-15-17-9-12-22(23(13-17)36-3)37-26(33)18-10-11-20(27)21(14-18)31(34)35/h4-15H,1-3H3. The van der Waals surface area contributed by atoms with Crippen LogP contribution in [0.1, 0.15) is 21.6 Å². The van der Waals surface area contributed by atoms with Crippen molar-refractivity contribution in [3.63, 3.8) is 0 Å². The SMILES string of the molecule is COc1cc(C=Nc2c(C)n(C)n(-c3ccccc3)c2=O)ccc1OC(=O)c1ccc(Cl)c([N+](=O)[O-])c1. The molecule has 0 N–H and O–H groups in total. The van der Waals surface area contributed by atoms with E-state index in [1.165, 1.54) is 36.2 Å². The predicted octanol–water partition coefficient (Wildman–Crippen LogP) is 5.02. The Labute approximate surface area is 216 Å². The highest BCUT2D eigenvalue weighted by Crippen LogP contribution is 2.30. The van der Waals surface area contributed by atoms with Gasteiger partial charge in [-0.2, -0.15) is 0 Å². The van der Waals surface area contributed by atoms with Crippen molar-refractivity contribution in [2.45, 2.75) is 6.92 Å². The van der Waals surface area contributed by atoms with E-state index < -0.39 is 16.6 Å². The minimum Gasteiger partial charge on any atom is -0.493 e. The number of carbonyl (C=O) groups excluding carboxylic acids is 1. The van der Waals surface area contributed by atoms with Gasteiger partial charge in [0.05, 0.1) is 29.0 Å². The largest absolute Gasteiger partial charge is 0.493 e. The average Bonchev–Trinajstić information content (AvgIpc) is 3.11. The summed E-state index contributed by atoms with van der Waals surface area (Å²) in [6.45, 7) is 1.80.